The molecule has 1 N–H and O–H groups in total. The lowest BCUT2D eigenvalue weighted by molar-refractivity contribution is 0.311. The first-order chi connectivity index (χ1) is 10.1. The van der Waals surface area contributed by atoms with Crippen LogP contribution in [0.2, 0.25) is 0 Å². The largest absolute Gasteiger partial charge is 0.464 e. The van der Waals surface area contributed by atoms with Crippen molar-refractivity contribution in [2.45, 2.75) is 53.0 Å². The SMILES string of the molecule is CCCNc1nc(OCC)nc(N(CC2CC2)C(C)C)n1. The fourth-order valence-electron chi connectivity index (χ4n) is 2.09. The Morgan fingerprint density at radius 2 is 2.00 bits per heavy atom. The molecule has 0 radical (unpaired) electrons. The Bertz CT molecular complexity index is 448. The van der Waals surface area contributed by atoms with Gasteiger partial charge in [-0.1, -0.05) is 6.92 Å². The maximum absolute atomic E-state index is 5.49. The monoisotopic (exact) mass is 293 g/mol. The highest BCUT2D eigenvalue weighted by atomic mass is 16.5. The number of anilines is 2. The van der Waals surface area contributed by atoms with Gasteiger partial charge in [0.05, 0.1) is 6.61 Å². The Hall–Kier alpha value is -1.59. The van der Waals surface area contributed by atoms with Crippen LogP contribution in [0.25, 0.3) is 0 Å². The number of hydrogen-bond donors (Lipinski definition) is 1. The highest BCUT2D eigenvalue weighted by Crippen LogP contribution is 2.31. The summed E-state index contributed by atoms with van der Waals surface area (Å²) in [6.07, 6.45) is 3.65. The number of aromatic nitrogens is 3. The second-order valence-corrected chi connectivity index (χ2v) is 5.79. The van der Waals surface area contributed by atoms with Gasteiger partial charge in [0, 0.05) is 19.1 Å². The molecule has 1 saturated carbocycles. The average Bonchev–Trinajstić information content (AvgIpc) is 3.26. The fourth-order valence-corrected chi connectivity index (χ4v) is 2.09. The number of ether oxygens (including phenoxy) is 1. The summed E-state index contributed by atoms with van der Waals surface area (Å²) >= 11 is 0. The number of hydrogen-bond acceptors (Lipinski definition) is 6. The Morgan fingerprint density at radius 1 is 1.24 bits per heavy atom. The molecule has 6 nitrogen and oxygen atoms in total. The molecule has 0 amide bonds. The molecule has 2 rings (SSSR count). The van der Waals surface area contributed by atoms with Crippen LogP contribution < -0.4 is 15.0 Å². The summed E-state index contributed by atoms with van der Waals surface area (Å²) < 4.78 is 5.49. The van der Waals surface area contributed by atoms with Gasteiger partial charge < -0.3 is 15.0 Å². The van der Waals surface area contributed by atoms with Crippen molar-refractivity contribution in [3.8, 4) is 6.01 Å². The third-order valence-corrected chi connectivity index (χ3v) is 3.44. The van der Waals surface area contributed by atoms with Gasteiger partial charge >= 0.3 is 6.01 Å². The molecule has 1 aromatic rings. The molecule has 0 bridgehead atoms. The summed E-state index contributed by atoms with van der Waals surface area (Å²) in [6, 6.07) is 0.768. The molecule has 6 heteroatoms. The Balaban J connectivity index is 2.22. The van der Waals surface area contributed by atoms with E-state index in [9.17, 15) is 0 Å². The van der Waals surface area contributed by atoms with Gasteiger partial charge in [-0.15, -0.1) is 0 Å². The summed E-state index contributed by atoms with van der Waals surface area (Å²) in [5.41, 5.74) is 0. The van der Waals surface area contributed by atoms with Crippen molar-refractivity contribution in [2.75, 3.05) is 29.9 Å². The minimum Gasteiger partial charge on any atom is -0.464 e. The van der Waals surface area contributed by atoms with E-state index in [1.807, 2.05) is 6.92 Å². The first-order valence-corrected chi connectivity index (χ1v) is 8.03. The van der Waals surface area contributed by atoms with Crippen LogP contribution in [0.3, 0.4) is 0 Å². The second kappa shape index (κ2) is 7.43. The van der Waals surface area contributed by atoms with E-state index >= 15 is 0 Å². The van der Waals surface area contributed by atoms with Crippen molar-refractivity contribution in [2.24, 2.45) is 5.92 Å². The van der Waals surface area contributed by atoms with E-state index in [2.05, 4.69) is 45.9 Å². The predicted molar refractivity (Wildman–Crippen MR) is 85.0 cm³/mol. The zero-order valence-corrected chi connectivity index (χ0v) is 13.6. The van der Waals surface area contributed by atoms with E-state index in [1.54, 1.807) is 0 Å². The summed E-state index contributed by atoms with van der Waals surface area (Å²) in [5.74, 6) is 2.10. The standard InChI is InChI=1S/C15H27N5O/c1-5-9-16-13-17-14(19-15(18-13)21-6-2)20(11(3)4)10-12-7-8-12/h11-12H,5-10H2,1-4H3,(H,16,17,18,19). The minimum atomic E-state index is 0.363. The maximum Gasteiger partial charge on any atom is 0.323 e. The zero-order chi connectivity index (χ0) is 15.2. The van der Waals surface area contributed by atoms with Crippen LogP contribution in [0.15, 0.2) is 0 Å². The van der Waals surface area contributed by atoms with Gasteiger partial charge in [0.1, 0.15) is 0 Å². The molecule has 0 atom stereocenters. The van der Waals surface area contributed by atoms with Crippen LogP contribution in [0.5, 0.6) is 6.01 Å². The molecule has 1 aromatic heterocycles. The Kier molecular flexibility index (Phi) is 5.59. The normalized spacial score (nSPS) is 14.3. The van der Waals surface area contributed by atoms with Crippen LogP contribution in [0.1, 0.15) is 47.0 Å². The summed E-state index contributed by atoms with van der Waals surface area (Å²) in [6.45, 7) is 10.8. The van der Waals surface area contributed by atoms with E-state index in [4.69, 9.17) is 4.74 Å². The van der Waals surface area contributed by atoms with Crippen LogP contribution >= 0.6 is 0 Å². The molecule has 1 aliphatic carbocycles. The molecule has 1 aliphatic rings. The highest BCUT2D eigenvalue weighted by molar-refractivity contribution is 5.39. The lowest BCUT2D eigenvalue weighted by Crippen LogP contribution is -2.34. The van der Waals surface area contributed by atoms with Crippen molar-refractivity contribution in [1.29, 1.82) is 0 Å². The van der Waals surface area contributed by atoms with Crippen LogP contribution in [-0.4, -0.2) is 40.7 Å². The van der Waals surface area contributed by atoms with Gasteiger partial charge in [0.2, 0.25) is 11.9 Å². The van der Waals surface area contributed by atoms with E-state index < -0.39 is 0 Å². The van der Waals surface area contributed by atoms with Crippen molar-refractivity contribution < 1.29 is 4.74 Å². The van der Waals surface area contributed by atoms with Gasteiger partial charge in [0.25, 0.3) is 0 Å². The molecule has 0 aromatic carbocycles. The van der Waals surface area contributed by atoms with Gasteiger partial charge in [0.15, 0.2) is 0 Å². The lowest BCUT2D eigenvalue weighted by Gasteiger charge is -2.27. The van der Waals surface area contributed by atoms with Gasteiger partial charge in [-0.2, -0.15) is 15.0 Å². The molecule has 1 heterocycles. The second-order valence-electron chi connectivity index (χ2n) is 5.79. The number of rotatable bonds is 9. The van der Waals surface area contributed by atoms with Crippen molar-refractivity contribution in [3.05, 3.63) is 0 Å². The first-order valence-electron chi connectivity index (χ1n) is 8.03. The van der Waals surface area contributed by atoms with Gasteiger partial charge in [-0.05, 0) is 46.0 Å². The van der Waals surface area contributed by atoms with Crippen LogP contribution in [-0.2, 0) is 0 Å². The minimum absolute atomic E-state index is 0.363. The first kappa shape index (κ1) is 15.8. The Morgan fingerprint density at radius 3 is 2.57 bits per heavy atom. The average molecular weight is 293 g/mol. The van der Waals surface area contributed by atoms with Crippen molar-refractivity contribution in [1.82, 2.24) is 15.0 Å². The topological polar surface area (TPSA) is 63.2 Å². The molecule has 0 aliphatic heterocycles. The quantitative estimate of drug-likeness (QED) is 0.755. The third kappa shape index (κ3) is 4.72. The smallest absolute Gasteiger partial charge is 0.323 e. The van der Waals surface area contributed by atoms with E-state index in [0.717, 1.165) is 25.4 Å². The highest BCUT2D eigenvalue weighted by Gasteiger charge is 2.27. The molecule has 21 heavy (non-hydrogen) atoms. The molecule has 1 fully saturated rings. The van der Waals surface area contributed by atoms with E-state index in [0.29, 0.717) is 30.6 Å². The van der Waals surface area contributed by atoms with Crippen LogP contribution in [0.4, 0.5) is 11.9 Å². The summed E-state index contributed by atoms with van der Waals surface area (Å²) in [5, 5.41) is 3.23. The molecular formula is C15H27N5O. The molecule has 0 unspecified atom stereocenters. The molecule has 118 valence electrons. The predicted octanol–water partition coefficient (Wildman–Crippen LogP) is 2.72. The molecule has 0 saturated heterocycles. The van der Waals surface area contributed by atoms with Crippen LogP contribution in [0, 0.1) is 5.92 Å². The van der Waals surface area contributed by atoms with Gasteiger partial charge in [-0.3, -0.25) is 0 Å². The molecule has 0 spiro atoms. The number of nitrogens with one attached hydrogen (secondary N) is 1. The fraction of sp³-hybridized carbons (Fsp3) is 0.800. The number of nitrogens with zero attached hydrogens (tertiary/aromatic N) is 4. The Labute approximate surface area is 127 Å². The van der Waals surface area contributed by atoms with Crippen molar-refractivity contribution >= 4 is 11.9 Å². The third-order valence-electron chi connectivity index (χ3n) is 3.44. The zero-order valence-electron chi connectivity index (χ0n) is 13.6. The molecular weight excluding hydrogens is 266 g/mol. The lowest BCUT2D eigenvalue weighted by atomic mass is 10.3. The summed E-state index contributed by atoms with van der Waals surface area (Å²) in [4.78, 5) is 15.6. The van der Waals surface area contributed by atoms with E-state index in [1.165, 1.54) is 12.8 Å². The summed E-state index contributed by atoms with van der Waals surface area (Å²) in [7, 11) is 0. The maximum atomic E-state index is 5.49. The van der Waals surface area contributed by atoms with E-state index in [-0.39, 0.29) is 0 Å². The van der Waals surface area contributed by atoms with Crippen molar-refractivity contribution in [3.63, 3.8) is 0 Å². The van der Waals surface area contributed by atoms with Gasteiger partial charge in [-0.25, -0.2) is 0 Å².